The Hall–Kier alpha value is -1.10. The molecule has 0 spiro atoms. The van der Waals surface area contributed by atoms with Gasteiger partial charge in [-0.1, -0.05) is 13.3 Å². The van der Waals surface area contributed by atoms with Crippen LogP contribution in [0.2, 0.25) is 0 Å². The first-order valence-corrected chi connectivity index (χ1v) is 6.16. The van der Waals surface area contributed by atoms with Gasteiger partial charge >= 0.3 is 5.97 Å². The number of unbranched alkanes of at least 4 members (excludes halogenated alkanes) is 1. The number of halogens is 2. The third-order valence-corrected chi connectivity index (χ3v) is 2.62. The van der Waals surface area contributed by atoms with Crippen molar-refractivity contribution in [3.8, 4) is 5.75 Å². The SMILES string of the molecule is CCCCOC(=O)COc1ccc(F)c(Br)c1. The number of hydrogen-bond donors (Lipinski definition) is 0. The van der Waals surface area contributed by atoms with Crippen LogP contribution in [0.4, 0.5) is 4.39 Å². The molecule has 94 valence electrons. The van der Waals surface area contributed by atoms with E-state index in [1.54, 1.807) is 0 Å². The van der Waals surface area contributed by atoms with Crippen molar-refractivity contribution >= 4 is 21.9 Å². The molecule has 17 heavy (non-hydrogen) atoms. The van der Waals surface area contributed by atoms with Crippen LogP contribution in [-0.2, 0) is 9.53 Å². The number of carbonyl (C=O) groups is 1. The minimum atomic E-state index is -0.418. The van der Waals surface area contributed by atoms with Crippen molar-refractivity contribution in [2.24, 2.45) is 0 Å². The van der Waals surface area contributed by atoms with E-state index < -0.39 is 5.97 Å². The Labute approximate surface area is 108 Å². The molecule has 1 aromatic rings. The molecule has 1 aromatic carbocycles. The topological polar surface area (TPSA) is 35.5 Å². The highest BCUT2D eigenvalue weighted by Crippen LogP contribution is 2.21. The van der Waals surface area contributed by atoms with E-state index in [-0.39, 0.29) is 12.4 Å². The summed E-state index contributed by atoms with van der Waals surface area (Å²) in [7, 11) is 0. The molecule has 0 fully saturated rings. The fourth-order valence-corrected chi connectivity index (χ4v) is 1.44. The fraction of sp³-hybridized carbons (Fsp3) is 0.417. The molecule has 0 bridgehead atoms. The Morgan fingerprint density at radius 3 is 2.88 bits per heavy atom. The lowest BCUT2D eigenvalue weighted by atomic mass is 10.3. The van der Waals surface area contributed by atoms with Gasteiger partial charge in [-0.3, -0.25) is 0 Å². The molecule has 0 N–H and O–H groups in total. The summed E-state index contributed by atoms with van der Waals surface area (Å²) < 4.78 is 23.3. The van der Waals surface area contributed by atoms with Gasteiger partial charge in [-0.2, -0.15) is 0 Å². The van der Waals surface area contributed by atoms with E-state index in [9.17, 15) is 9.18 Å². The Morgan fingerprint density at radius 2 is 2.24 bits per heavy atom. The minimum Gasteiger partial charge on any atom is -0.482 e. The molecule has 0 radical (unpaired) electrons. The zero-order valence-electron chi connectivity index (χ0n) is 9.54. The lowest BCUT2D eigenvalue weighted by Gasteiger charge is -2.07. The standard InChI is InChI=1S/C12H14BrFO3/c1-2-3-6-16-12(15)8-17-9-4-5-11(14)10(13)7-9/h4-5,7H,2-3,6,8H2,1H3. The fourth-order valence-electron chi connectivity index (χ4n) is 1.08. The molecule has 0 heterocycles. The molecule has 0 saturated heterocycles. The van der Waals surface area contributed by atoms with E-state index in [0.717, 1.165) is 12.8 Å². The highest BCUT2D eigenvalue weighted by molar-refractivity contribution is 9.10. The second kappa shape index (κ2) is 7.27. The van der Waals surface area contributed by atoms with E-state index in [1.807, 2.05) is 6.92 Å². The summed E-state index contributed by atoms with van der Waals surface area (Å²) in [6, 6.07) is 4.19. The summed E-state index contributed by atoms with van der Waals surface area (Å²) in [4.78, 5) is 11.2. The van der Waals surface area contributed by atoms with Gasteiger partial charge in [0.15, 0.2) is 6.61 Å². The Morgan fingerprint density at radius 1 is 1.47 bits per heavy atom. The van der Waals surface area contributed by atoms with Crippen LogP contribution in [0.25, 0.3) is 0 Å². The second-order valence-corrected chi connectivity index (χ2v) is 4.29. The molecule has 5 heteroatoms. The van der Waals surface area contributed by atoms with E-state index >= 15 is 0 Å². The summed E-state index contributed by atoms with van der Waals surface area (Å²) in [5, 5.41) is 0. The van der Waals surface area contributed by atoms with Crippen molar-refractivity contribution in [1.82, 2.24) is 0 Å². The number of benzene rings is 1. The number of ether oxygens (including phenoxy) is 2. The highest BCUT2D eigenvalue weighted by atomic mass is 79.9. The number of esters is 1. The van der Waals surface area contributed by atoms with Gasteiger partial charge in [0.2, 0.25) is 0 Å². The van der Waals surface area contributed by atoms with Crippen LogP contribution < -0.4 is 4.74 Å². The number of rotatable bonds is 6. The highest BCUT2D eigenvalue weighted by Gasteiger charge is 2.05. The van der Waals surface area contributed by atoms with Crippen LogP contribution in [-0.4, -0.2) is 19.2 Å². The quantitative estimate of drug-likeness (QED) is 0.597. The molecule has 0 amide bonds. The van der Waals surface area contributed by atoms with Crippen molar-refractivity contribution in [2.75, 3.05) is 13.2 Å². The van der Waals surface area contributed by atoms with Gasteiger partial charge in [-0.25, -0.2) is 9.18 Å². The molecule has 3 nitrogen and oxygen atoms in total. The van der Waals surface area contributed by atoms with Gasteiger partial charge in [0.05, 0.1) is 11.1 Å². The largest absolute Gasteiger partial charge is 0.482 e. The van der Waals surface area contributed by atoms with Gasteiger partial charge in [0.25, 0.3) is 0 Å². The summed E-state index contributed by atoms with van der Waals surface area (Å²) >= 11 is 3.03. The Kier molecular flexibility index (Phi) is 5.97. The van der Waals surface area contributed by atoms with Crippen molar-refractivity contribution in [1.29, 1.82) is 0 Å². The van der Waals surface area contributed by atoms with Crippen molar-refractivity contribution < 1.29 is 18.7 Å². The Bertz CT molecular complexity index is 382. The second-order valence-electron chi connectivity index (χ2n) is 3.44. The molecule has 0 aliphatic heterocycles. The summed E-state index contributed by atoms with van der Waals surface area (Å²) in [6.07, 6.45) is 1.81. The lowest BCUT2D eigenvalue weighted by Crippen LogP contribution is -2.15. The summed E-state index contributed by atoms with van der Waals surface area (Å²) in [5.74, 6) is -0.368. The van der Waals surface area contributed by atoms with Crippen molar-refractivity contribution in [3.63, 3.8) is 0 Å². The molecular weight excluding hydrogens is 291 g/mol. The molecule has 0 saturated carbocycles. The van der Waals surface area contributed by atoms with Crippen molar-refractivity contribution in [3.05, 3.63) is 28.5 Å². The predicted octanol–water partition coefficient (Wildman–Crippen LogP) is 3.31. The van der Waals surface area contributed by atoms with Crippen LogP contribution >= 0.6 is 15.9 Å². The maximum atomic E-state index is 12.9. The Balaban J connectivity index is 2.34. The summed E-state index contributed by atoms with van der Waals surface area (Å²) in [5.41, 5.74) is 0. The minimum absolute atomic E-state index is 0.165. The molecule has 0 unspecified atom stereocenters. The van der Waals surface area contributed by atoms with E-state index in [4.69, 9.17) is 9.47 Å². The smallest absolute Gasteiger partial charge is 0.344 e. The molecular formula is C12H14BrFO3. The van der Waals surface area contributed by atoms with Gasteiger partial charge in [-0.05, 0) is 40.5 Å². The first kappa shape index (κ1) is 14.0. The average molecular weight is 305 g/mol. The third-order valence-electron chi connectivity index (χ3n) is 2.01. The monoisotopic (exact) mass is 304 g/mol. The number of hydrogen-bond acceptors (Lipinski definition) is 3. The molecule has 0 atom stereocenters. The first-order valence-electron chi connectivity index (χ1n) is 5.37. The lowest BCUT2D eigenvalue weighted by molar-refractivity contribution is -0.146. The number of carbonyl (C=O) groups excluding carboxylic acids is 1. The third kappa shape index (κ3) is 5.17. The normalized spacial score (nSPS) is 10.1. The maximum Gasteiger partial charge on any atom is 0.344 e. The van der Waals surface area contributed by atoms with Gasteiger partial charge in [0.1, 0.15) is 11.6 Å². The van der Waals surface area contributed by atoms with Gasteiger partial charge in [0, 0.05) is 0 Å². The van der Waals surface area contributed by atoms with Gasteiger partial charge in [-0.15, -0.1) is 0 Å². The average Bonchev–Trinajstić information content (AvgIpc) is 2.31. The van der Waals surface area contributed by atoms with Crippen LogP contribution in [0.5, 0.6) is 5.75 Å². The van der Waals surface area contributed by atoms with Gasteiger partial charge < -0.3 is 9.47 Å². The molecule has 0 aromatic heterocycles. The van der Waals surface area contributed by atoms with Crippen LogP contribution in [0.1, 0.15) is 19.8 Å². The molecule has 0 aliphatic carbocycles. The zero-order valence-corrected chi connectivity index (χ0v) is 11.1. The van der Waals surface area contributed by atoms with E-state index in [2.05, 4.69) is 15.9 Å². The maximum absolute atomic E-state index is 12.9. The van der Waals surface area contributed by atoms with Crippen LogP contribution in [0.3, 0.4) is 0 Å². The first-order chi connectivity index (χ1) is 8.13. The molecule has 1 rings (SSSR count). The predicted molar refractivity (Wildman–Crippen MR) is 65.5 cm³/mol. The molecule has 0 aliphatic rings. The summed E-state index contributed by atoms with van der Waals surface area (Å²) in [6.45, 7) is 2.26. The van der Waals surface area contributed by atoms with E-state index in [0.29, 0.717) is 16.8 Å². The zero-order chi connectivity index (χ0) is 12.7. The van der Waals surface area contributed by atoms with E-state index in [1.165, 1.54) is 18.2 Å². The van der Waals surface area contributed by atoms with Crippen LogP contribution in [0.15, 0.2) is 22.7 Å². The van der Waals surface area contributed by atoms with Crippen LogP contribution in [0, 0.1) is 5.82 Å². The van der Waals surface area contributed by atoms with Crippen molar-refractivity contribution in [2.45, 2.75) is 19.8 Å².